The van der Waals surface area contributed by atoms with Gasteiger partial charge < -0.3 is 10.1 Å². The number of carbonyl (C=O) groups is 1. The highest BCUT2D eigenvalue weighted by Gasteiger charge is 2.28. The molecule has 1 unspecified atom stereocenters. The van der Waals surface area contributed by atoms with Gasteiger partial charge in [0.05, 0.1) is 13.2 Å². The van der Waals surface area contributed by atoms with Crippen LogP contribution in [0.5, 0.6) is 0 Å². The molecule has 104 valence electrons. The molecule has 1 aliphatic rings. The van der Waals surface area contributed by atoms with Crippen LogP contribution in [0, 0.1) is 5.82 Å². The smallest absolute Gasteiger partial charge is 0.362 e. The first-order valence-corrected chi connectivity index (χ1v) is 6.23. The molecule has 0 saturated carbocycles. The maximum Gasteiger partial charge on any atom is 0.362 e. The van der Waals surface area contributed by atoms with E-state index in [0.29, 0.717) is 12.4 Å². The average Bonchev–Trinajstić information content (AvgIpc) is 2.91. The second kappa shape index (κ2) is 4.92. The lowest BCUT2D eigenvalue weighted by Gasteiger charge is -2.25. The van der Waals surface area contributed by atoms with Crippen molar-refractivity contribution < 1.29 is 13.9 Å². The minimum Gasteiger partial charge on any atom is -0.464 e. The first kappa shape index (κ1) is 12.6. The third-order valence-electron chi connectivity index (χ3n) is 3.33. The van der Waals surface area contributed by atoms with Gasteiger partial charge in [0, 0.05) is 6.54 Å². The van der Waals surface area contributed by atoms with E-state index in [9.17, 15) is 9.18 Å². The summed E-state index contributed by atoms with van der Waals surface area (Å²) in [6, 6.07) is 6.19. The quantitative estimate of drug-likeness (QED) is 0.844. The molecule has 1 N–H and O–H groups in total. The molecule has 1 aromatic carbocycles. The van der Waals surface area contributed by atoms with Crippen molar-refractivity contribution in [2.24, 2.45) is 0 Å². The number of carbonyl (C=O) groups excluding carboxylic acids is 1. The van der Waals surface area contributed by atoms with Crippen LogP contribution in [0.4, 0.5) is 10.2 Å². The zero-order chi connectivity index (χ0) is 14.1. The molecule has 20 heavy (non-hydrogen) atoms. The van der Waals surface area contributed by atoms with E-state index in [4.69, 9.17) is 0 Å². The lowest BCUT2D eigenvalue weighted by Crippen LogP contribution is -2.25. The second-order valence-corrected chi connectivity index (χ2v) is 4.51. The van der Waals surface area contributed by atoms with Gasteiger partial charge in [-0.25, -0.2) is 13.9 Å². The van der Waals surface area contributed by atoms with Gasteiger partial charge in [-0.15, -0.1) is 5.10 Å². The van der Waals surface area contributed by atoms with Gasteiger partial charge >= 0.3 is 5.97 Å². The van der Waals surface area contributed by atoms with Gasteiger partial charge in [0.1, 0.15) is 5.82 Å². The standard InChI is InChI=1S/C13H13FN4O2/c1-20-13(19)11-12-15-7-6-10(18(12)17-16-11)8-2-4-9(14)5-3-8/h2-5,10,15H,6-7H2,1H3. The molecule has 0 fully saturated rings. The van der Waals surface area contributed by atoms with Gasteiger partial charge in [0.25, 0.3) is 0 Å². The van der Waals surface area contributed by atoms with Gasteiger partial charge in [0.2, 0.25) is 5.69 Å². The number of hydrogen-bond donors (Lipinski definition) is 1. The monoisotopic (exact) mass is 276 g/mol. The van der Waals surface area contributed by atoms with Gasteiger partial charge in [-0.3, -0.25) is 0 Å². The van der Waals surface area contributed by atoms with Gasteiger partial charge in [-0.2, -0.15) is 0 Å². The van der Waals surface area contributed by atoms with E-state index in [0.717, 1.165) is 12.0 Å². The van der Waals surface area contributed by atoms with E-state index >= 15 is 0 Å². The van der Waals surface area contributed by atoms with Crippen molar-refractivity contribution in [2.75, 3.05) is 19.0 Å². The SMILES string of the molecule is COC(=O)c1nnn2c1NCCC2c1ccc(F)cc1. The Kier molecular flexibility index (Phi) is 3.09. The van der Waals surface area contributed by atoms with Crippen LogP contribution in [0.25, 0.3) is 0 Å². The Bertz CT molecular complexity index is 638. The Labute approximate surface area is 114 Å². The molecule has 0 amide bonds. The molecule has 0 bridgehead atoms. The van der Waals surface area contributed by atoms with Crippen LogP contribution in [0.2, 0.25) is 0 Å². The molecule has 0 aliphatic carbocycles. The predicted octanol–water partition coefficient (Wildman–Crippen LogP) is 1.61. The van der Waals surface area contributed by atoms with Crippen LogP contribution >= 0.6 is 0 Å². The third kappa shape index (κ3) is 2.01. The van der Waals surface area contributed by atoms with Crippen molar-refractivity contribution in [3.63, 3.8) is 0 Å². The maximum absolute atomic E-state index is 13.0. The maximum atomic E-state index is 13.0. The fraction of sp³-hybridized carbons (Fsp3) is 0.308. The topological polar surface area (TPSA) is 69.0 Å². The van der Waals surface area contributed by atoms with E-state index in [2.05, 4.69) is 20.4 Å². The molecule has 0 radical (unpaired) electrons. The van der Waals surface area contributed by atoms with Crippen molar-refractivity contribution in [3.05, 3.63) is 41.3 Å². The summed E-state index contributed by atoms with van der Waals surface area (Å²) in [7, 11) is 1.30. The summed E-state index contributed by atoms with van der Waals surface area (Å²) in [4.78, 5) is 11.6. The second-order valence-electron chi connectivity index (χ2n) is 4.51. The molecular weight excluding hydrogens is 263 g/mol. The van der Waals surface area contributed by atoms with E-state index in [-0.39, 0.29) is 17.6 Å². The highest BCUT2D eigenvalue weighted by atomic mass is 19.1. The van der Waals surface area contributed by atoms with E-state index in [1.54, 1.807) is 16.8 Å². The Balaban J connectivity index is 2.00. The van der Waals surface area contributed by atoms with E-state index < -0.39 is 5.97 Å². The Morgan fingerprint density at radius 3 is 2.90 bits per heavy atom. The number of nitrogens with one attached hydrogen (secondary N) is 1. The van der Waals surface area contributed by atoms with E-state index in [1.165, 1.54) is 19.2 Å². The molecular formula is C13H13FN4O2. The van der Waals surface area contributed by atoms with Crippen LogP contribution in [-0.2, 0) is 4.74 Å². The van der Waals surface area contributed by atoms with Gasteiger partial charge in [-0.1, -0.05) is 17.3 Å². The summed E-state index contributed by atoms with van der Waals surface area (Å²) in [5.74, 6) is -0.271. The Morgan fingerprint density at radius 2 is 2.20 bits per heavy atom. The molecule has 3 rings (SSSR count). The molecule has 2 heterocycles. The molecule has 1 aromatic heterocycles. The van der Waals surface area contributed by atoms with Crippen LogP contribution in [0.1, 0.15) is 28.5 Å². The van der Waals surface area contributed by atoms with Crippen molar-refractivity contribution in [2.45, 2.75) is 12.5 Å². The highest BCUT2D eigenvalue weighted by molar-refractivity contribution is 5.92. The number of benzene rings is 1. The first-order chi connectivity index (χ1) is 9.70. The number of fused-ring (bicyclic) bond motifs is 1. The fourth-order valence-corrected chi connectivity index (χ4v) is 2.35. The number of nitrogens with zero attached hydrogens (tertiary/aromatic N) is 3. The number of ether oxygens (including phenoxy) is 1. The normalized spacial score (nSPS) is 17.2. The zero-order valence-electron chi connectivity index (χ0n) is 10.8. The number of rotatable bonds is 2. The van der Waals surface area contributed by atoms with Gasteiger partial charge in [0.15, 0.2) is 5.82 Å². The summed E-state index contributed by atoms with van der Waals surface area (Å²) in [6.45, 7) is 0.680. The number of methoxy groups -OCH3 is 1. The van der Waals surface area contributed by atoms with Crippen LogP contribution < -0.4 is 5.32 Å². The number of esters is 1. The lowest BCUT2D eigenvalue weighted by molar-refractivity contribution is 0.0595. The zero-order valence-corrected chi connectivity index (χ0v) is 10.8. The summed E-state index contributed by atoms with van der Waals surface area (Å²) in [5.41, 5.74) is 1.09. The van der Waals surface area contributed by atoms with Crippen LogP contribution in [-0.4, -0.2) is 34.6 Å². The van der Waals surface area contributed by atoms with Crippen LogP contribution in [0.15, 0.2) is 24.3 Å². The van der Waals surface area contributed by atoms with Crippen molar-refractivity contribution >= 4 is 11.8 Å². The number of aromatic nitrogens is 3. The number of hydrogen-bond acceptors (Lipinski definition) is 5. The molecule has 2 aromatic rings. The minimum atomic E-state index is -0.529. The molecule has 1 aliphatic heterocycles. The number of halogens is 1. The summed E-state index contributed by atoms with van der Waals surface area (Å²) in [5, 5.41) is 11.0. The Hall–Kier alpha value is -2.44. The largest absolute Gasteiger partial charge is 0.464 e. The van der Waals surface area contributed by atoms with Crippen molar-refractivity contribution in [1.82, 2.24) is 15.0 Å². The van der Waals surface area contributed by atoms with Gasteiger partial charge in [-0.05, 0) is 24.1 Å². The number of anilines is 1. The summed E-state index contributed by atoms with van der Waals surface area (Å²) >= 11 is 0. The lowest BCUT2D eigenvalue weighted by atomic mass is 10.0. The van der Waals surface area contributed by atoms with Crippen molar-refractivity contribution in [3.8, 4) is 0 Å². The van der Waals surface area contributed by atoms with Crippen LogP contribution in [0.3, 0.4) is 0 Å². The summed E-state index contributed by atoms with van der Waals surface area (Å²) in [6.07, 6.45) is 0.780. The molecule has 1 atom stereocenters. The summed E-state index contributed by atoms with van der Waals surface area (Å²) < 4.78 is 19.3. The van der Waals surface area contributed by atoms with Crippen molar-refractivity contribution in [1.29, 1.82) is 0 Å². The fourth-order valence-electron chi connectivity index (χ4n) is 2.35. The highest BCUT2D eigenvalue weighted by Crippen LogP contribution is 2.30. The molecule has 7 heteroatoms. The first-order valence-electron chi connectivity index (χ1n) is 6.23. The molecule has 0 saturated heterocycles. The molecule has 0 spiro atoms. The average molecular weight is 276 g/mol. The predicted molar refractivity (Wildman–Crippen MR) is 69.0 cm³/mol. The third-order valence-corrected chi connectivity index (χ3v) is 3.33. The minimum absolute atomic E-state index is 0.0715. The molecule has 6 nitrogen and oxygen atoms in total. The van der Waals surface area contributed by atoms with E-state index in [1.807, 2.05) is 0 Å². The Morgan fingerprint density at radius 1 is 1.45 bits per heavy atom.